The highest BCUT2D eigenvalue weighted by atomic mass is 19.1. The third-order valence-electron chi connectivity index (χ3n) is 5.07. The highest BCUT2D eigenvalue weighted by Gasteiger charge is 2.40. The molecule has 2 aromatic carbocycles. The zero-order valence-corrected chi connectivity index (χ0v) is 15.3. The van der Waals surface area contributed by atoms with Gasteiger partial charge in [0.2, 0.25) is 5.91 Å². The molecule has 1 fully saturated rings. The molecule has 0 unspecified atom stereocenters. The fraction of sp³-hybridized carbons (Fsp3) is 0.333. The van der Waals surface area contributed by atoms with E-state index >= 15 is 0 Å². The molecule has 0 saturated heterocycles. The van der Waals surface area contributed by atoms with Crippen LogP contribution >= 0.6 is 0 Å². The number of benzene rings is 2. The van der Waals surface area contributed by atoms with Crippen LogP contribution < -0.4 is 5.32 Å². The standard InChI is InChI=1S/C21H22F2N2O2/c1-25(2)21(27)18-12-15(11-17(18)13-7-9-14(22)10-8-13)24-20(26)16-5-3-4-6-19(16)23/h3-10,15,17-18H,11-12H2,1-2H3,(H,24,26)/t15-,17+,18-/m0/s1. The summed E-state index contributed by atoms with van der Waals surface area (Å²) in [5.41, 5.74) is 0.845. The molecular formula is C21H22F2N2O2. The van der Waals surface area contributed by atoms with Gasteiger partial charge in [0, 0.05) is 26.1 Å². The number of hydrogen-bond acceptors (Lipinski definition) is 2. The summed E-state index contributed by atoms with van der Waals surface area (Å²) in [7, 11) is 3.38. The number of rotatable bonds is 4. The summed E-state index contributed by atoms with van der Waals surface area (Å²) in [6, 6.07) is 11.6. The summed E-state index contributed by atoms with van der Waals surface area (Å²) in [5, 5.41) is 2.85. The van der Waals surface area contributed by atoms with E-state index in [2.05, 4.69) is 5.32 Å². The van der Waals surface area contributed by atoms with Gasteiger partial charge in [0.15, 0.2) is 0 Å². The van der Waals surface area contributed by atoms with Crippen LogP contribution in [0.15, 0.2) is 48.5 Å². The first-order valence-corrected chi connectivity index (χ1v) is 8.89. The smallest absolute Gasteiger partial charge is 0.254 e. The van der Waals surface area contributed by atoms with E-state index < -0.39 is 11.7 Å². The number of carbonyl (C=O) groups excluding carboxylic acids is 2. The molecule has 3 rings (SSSR count). The Hall–Kier alpha value is -2.76. The highest BCUT2D eigenvalue weighted by molar-refractivity contribution is 5.94. The Morgan fingerprint density at radius 1 is 1.00 bits per heavy atom. The lowest BCUT2D eigenvalue weighted by atomic mass is 9.88. The fourth-order valence-corrected chi connectivity index (χ4v) is 3.75. The molecule has 4 nitrogen and oxygen atoms in total. The minimum atomic E-state index is -0.580. The Balaban J connectivity index is 1.80. The van der Waals surface area contributed by atoms with Gasteiger partial charge in [-0.25, -0.2) is 8.78 Å². The SMILES string of the molecule is CN(C)C(=O)[C@H]1C[C@@H](NC(=O)c2ccccc2F)C[C@@H]1c1ccc(F)cc1. The lowest BCUT2D eigenvalue weighted by Crippen LogP contribution is -2.35. The molecule has 0 aliphatic heterocycles. The molecule has 0 aromatic heterocycles. The Morgan fingerprint density at radius 3 is 2.30 bits per heavy atom. The fourth-order valence-electron chi connectivity index (χ4n) is 3.75. The van der Waals surface area contributed by atoms with Crippen LogP contribution in [0.4, 0.5) is 8.78 Å². The average molecular weight is 372 g/mol. The number of nitrogens with one attached hydrogen (secondary N) is 1. The lowest BCUT2D eigenvalue weighted by Gasteiger charge is -2.22. The zero-order chi connectivity index (χ0) is 19.6. The molecule has 1 aliphatic rings. The van der Waals surface area contributed by atoms with E-state index in [1.807, 2.05) is 0 Å². The van der Waals surface area contributed by atoms with Crippen LogP contribution in [0.2, 0.25) is 0 Å². The van der Waals surface area contributed by atoms with Crippen molar-refractivity contribution < 1.29 is 18.4 Å². The predicted octanol–water partition coefficient (Wildman–Crippen LogP) is 3.35. The second kappa shape index (κ2) is 7.86. The Labute approximate surface area is 157 Å². The van der Waals surface area contributed by atoms with Gasteiger partial charge in [-0.1, -0.05) is 24.3 Å². The number of hydrogen-bond donors (Lipinski definition) is 1. The van der Waals surface area contributed by atoms with Gasteiger partial charge in [-0.2, -0.15) is 0 Å². The summed E-state index contributed by atoms with van der Waals surface area (Å²) in [4.78, 5) is 26.6. The van der Waals surface area contributed by atoms with Crippen molar-refractivity contribution in [2.75, 3.05) is 14.1 Å². The van der Waals surface area contributed by atoms with Crippen molar-refractivity contribution in [1.29, 1.82) is 0 Å². The molecule has 3 atom stereocenters. The zero-order valence-electron chi connectivity index (χ0n) is 15.3. The van der Waals surface area contributed by atoms with Crippen LogP contribution in [0.5, 0.6) is 0 Å². The van der Waals surface area contributed by atoms with Crippen LogP contribution in [-0.4, -0.2) is 36.9 Å². The molecule has 0 heterocycles. The maximum atomic E-state index is 13.8. The van der Waals surface area contributed by atoms with Crippen LogP contribution in [0, 0.1) is 17.6 Å². The predicted molar refractivity (Wildman–Crippen MR) is 98.2 cm³/mol. The van der Waals surface area contributed by atoms with Crippen LogP contribution in [-0.2, 0) is 4.79 Å². The summed E-state index contributed by atoms with van der Waals surface area (Å²) in [5.74, 6) is -1.90. The van der Waals surface area contributed by atoms with Gasteiger partial charge in [-0.15, -0.1) is 0 Å². The Bertz CT molecular complexity index is 836. The summed E-state index contributed by atoms with van der Waals surface area (Å²) in [6.07, 6.45) is 0.995. The molecule has 6 heteroatoms. The number of amides is 2. The molecule has 2 aromatic rings. The Morgan fingerprint density at radius 2 is 1.67 bits per heavy atom. The van der Waals surface area contributed by atoms with Crippen LogP contribution in [0.3, 0.4) is 0 Å². The molecule has 0 bridgehead atoms. The first kappa shape index (κ1) is 19.0. The normalized spacial score (nSPS) is 21.7. The first-order valence-electron chi connectivity index (χ1n) is 8.89. The van der Waals surface area contributed by atoms with Gasteiger partial charge in [0.25, 0.3) is 5.91 Å². The van der Waals surface area contributed by atoms with Crippen molar-refractivity contribution >= 4 is 11.8 Å². The van der Waals surface area contributed by atoms with Crippen molar-refractivity contribution in [3.63, 3.8) is 0 Å². The van der Waals surface area contributed by atoms with Gasteiger partial charge in [-0.05, 0) is 48.6 Å². The van der Waals surface area contributed by atoms with E-state index in [0.29, 0.717) is 12.8 Å². The molecule has 1 aliphatic carbocycles. The van der Waals surface area contributed by atoms with E-state index in [-0.39, 0.29) is 35.2 Å². The Kier molecular flexibility index (Phi) is 5.54. The van der Waals surface area contributed by atoms with E-state index in [0.717, 1.165) is 5.56 Å². The second-order valence-electron chi connectivity index (χ2n) is 7.12. The van der Waals surface area contributed by atoms with Crippen molar-refractivity contribution in [3.05, 3.63) is 71.3 Å². The third kappa shape index (κ3) is 4.15. The molecule has 142 valence electrons. The number of halogens is 2. The average Bonchev–Trinajstić information content (AvgIpc) is 3.05. The first-order chi connectivity index (χ1) is 12.9. The van der Waals surface area contributed by atoms with Gasteiger partial charge < -0.3 is 10.2 Å². The minimum absolute atomic E-state index is 0.0155. The van der Waals surface area contributed by atoms with Crippen molar-refractivity contribution in [2.45, 2.75) is 24.8 Å². The summed E-state index contributed by atoms with van der Waals surface area (Å²) < 4.78 is 27.1. The van der Waals surface area contributed by atoms with Crippen LogP contribution in [0.1, 0.15) is 34.7 Å². The molecular weight excluding hydrogens is 350 g/mol. The maximum absolute atomic E-state index is 13.8. The lowest BCUT2D eigenvalue weighted by molar-refractivity contribution is -0.133. The number of carbonyl (C=O) groups is 2. The molecule has 0 radical (unpaired) electrons. The largest absolute Gasteiger partial charge is 0.349 e. The van der Waals surface area contributed by atoms with Crippen LogP contribution in [0.25, 0.3) is 0 Å². The van der Waals surface area contributed by atoms with Crippen molar-refractivity contribution in [2.24, 2.45) is 5.92 Å². The van der Waals surface area contributed by atoms with Crippen molar-refractivity contribution in [1.82, 2.24) is 10.2 Å². The molecule has 0 spiro atoms. The minimum Gasteiger partial charge on any atom is -0.349 e. The molecule has 2 amide bonds. The van der Waals surface area contributed by atoms with Gasteiger partial charge in [0.05, 0.1) is 5.56 Å². The maximum Gasteiger partial charge on any atom is 0.254 e. The van der Waals surface area contributed by atoms with E-state index in [9.17, 15) is 18.4 Å². The quantitative estimate of drug-likeness (QED) is 0.895. The molecule has 1 N–H and O–H groups in total. The number of nitrogens with zero attached hydrogens (tertiary/aromatic N) is 1. The highest BCUT2D eigenvalue weighted by Crippen LogP contribution is 2.40. The van der Waals surface area contributed by atoms with Gasteiger partial charge in [0.1, 0.15) is 11.6 Å². The topological polar surface area (TPSA) is 49.4 Å². The monoisotopic (exact) mass is 372 g/mol. The van der Waals surface area contributed by atoms with E-state index in [4.69, 9.17) is 0 Å². The summed E-state index contributed by atoms with van der Waals surface area (Å²) in [6.45, 7) is 0. The van der Waals surface area contributed by atoms with Gasteiger partial charge >= 0.3 is 0 Å². The van der Waals surface area contributed by atoms with Gasteiger partial charge in [-0.3, -0.25) is 9.59 Å². The van der Waals surface area contributed by atoms with E-state index in [1.54, 1.807) is 32.3 Å². The van der Waals surface area contributed by atoms with E-state index in [1.165, 1.54) is 35.2 Å². The third-order valence-corrected chi connectivity index (χ3v) is 5.07. The molecule has 1 saturated carbocycles. The second-order valence-corrected chi connectivity index (χ2v) is 7.12. The summed E-state index contributed by atoms with van der Waals surface area (Å²) >= 11 is 0. The van der Waals surface area contributed by atoms with Crippen molar-refractivity contribution in [3.8, 4) is 0 Å². The molecule has 27 heavy (non-hydrogen) atoms.